The molecule has 146 valence electrons. The molecular weight excluding hydrogens is 364 g/mol. The fraction of sp³-hybridized carbons (Fsp3) is 0.208. The Kier molecular flexibility index (Phi) is 5.66. The lowest BCUT2D eigenvalue weighted by atomic mass is 10.0. The molecule has 1 aliphatic rings. The van der Waals surface area contributed by atoms with Crippen molar-refractivity contribution in [1.29, 1.82) is 0 Å². The van der Waals surface area contributed by atoms with Gasteiger partial charge in [-0.3, -0.25) is 9.78 Å². The van der Waals surface area contributed by atoms with Crippen molar-refractivity contribution in [3.63, 3.8) is 0 Å². The minimum Gasteiger partial charge on any atom is -0.425 e. The first-order valence-electron chi connectivity index (χ1n) is 9.80. The van der Waals surface area contributed by atoms with Crippen LogP contribution in [0.25, 0.3) is 11.1 Å². The highest BCUT2D eigenvalue weighted by Gasteiger charge is 2.34. The molecule has 0 radical (unpaired) electrons. The first-order valence-corrected chi connectivity index (χ1v) is 9.80. The summed E-state index contributed by atoms with van der Waals surface area (Å²) in [5.74, 6) is -0.0948. The molecule has 5 heteroatoms. The zero-order valence-corrected chi connectivity index (χ0v) is 16.0. The van der Waals surface area contributed by atoms with Crippen LogP contribution in [0.3, 0.4) is 0 Å². The highest BCUT2D eigenvalue weighted by atomic mass is 16.5. The van der Waals surface area contributed by atoms with E-state index in [2.05, 4.69) is 4.98 Å². The number of likely N-dealkylation sites (tertiary alicyclic amines) is 1. The van der Waals surface area contributed by atoms with Crippen molar-refractivity contribution in [1.82, 2.24) is 9.88 Å². The summed E-state index contributed by atoms with van der Waals surface area (Å²) in [5, 5.41) is 0. The van der Waals surface area contributed by atoms with Gasteiger partial charge in [-0.2, -0.15) is 0 Å². The summed E-state index contributed by atoms with van der Waals surface area (Å²) in [4.78, 5) is 31.3. The summed E-state index contributed by atoms with van der Waals surface area (Å²) in [6, 6.07) is 20.3. The van der Waals surface area contributed by atoms with Gasteiger partial charge in [0.2, 0.25) is 0 Å². The zero-order valence-electron chi connectivity index (χ0n) is 16.0. The number of nitrogens with zero attached hydrogens (tertiary/aromatic N) is 2. The number of aromatic nitrogens is 1. The van der Waals surface area contributed by atoms with Gasteiger partial charge in [-0.05, 0) is 54.7 Å². The van der Waals surface area contributed by atoms with E-state index >= 15 is 0 Å². The second-order valence-corrected chi connectivity index (χ2v) is 7.06. The van der Waals surface area contributed by atoms with Gasteiger partial charge >= 0.3 is 5.97 Å². The molecule has 0 saturated carbocycles. The standard InChI is InChI=1S/C24H22N2O3/c27-23(20-9-6-15-25-17-20)26-16-5-4-10-22(26)24(28)29-21-13-11-19(12-14-21)18-7-2-1-3-8-18/h1-3,6-9,11-15,17,22H,4-5,10,16H2. The van der Waals surface area contributed by atoms with Gasteiger partial charge in [0.25, 0.3) is 5.91 Å². The van der Waals surface area contributed by atoms with Crippen LogP contribution in [0.5, 0.6) is 5.75 Å². The summed E-state index contributed by atoms with van der Waals surface area (Å²) in [5.41, 5.74) is 2.64. The molecule has 0 spiro atoms. The maximum atomic E-state index is 12.8. The minimum atomic E-state index is -0.578. The first-order chi connectivity index (χ1) is 14.2. The molecule has 2 heterocycles. The first kappa shape index (κ1) is 18.9. The van der Waals surface area contributed by atoms with Crippen molar-refractivity contribution in [3.05, 3.63) is 84.7 Å². The Labute approximate surface area is 170 Å². The van der Waals surface area contributed by atoms with Gasteiger partial charge in [-0.25, -0.2) is 4.79 Å². The van der Waals surface area contributed by atoms with Crippen LogP contribution in [-0.4, -0.2) is 34.3 Å². The Morgan fingerprint density at radius 1 is 0.897 bits per heavy atom. The van der Waals surface area contributed by atoms with E-state index in [9.17, 15) is 9.59 Å². The van der Waals surface area contributed by atoms with Crippen molar-refractivity contribution >= 4 is 11.9 Å². The monoisotopic (exact) mass is 386 g/mol. The molecule has 4 rings (SSSR count). The molecular formula is C24H22N2O3. The topological polar surface area (TPSA) is 59.5 Å². The molecule has 1 atom stereocenters. The van der Waals surface area contributed by atoms with Gasteiger partial charge in [0.05, 0.1) is 5.56 Å². The van der Waals surface area contributed by atoms with Crippen LogP contribution >= 0.6 is 0 Å². The molecule has 0 bridgehead atoms. The zero-order chi connectivity index (χ0) is 20.1. The Morgan fingerprint density at radius 2 is 1.66 bits per heavy atom. The molecule has 1 amide bonds. The summed E-state index contributed by atoms with van der Waals surface area (Å²) in [6.45, 7) is 0.542. The molecule has 3 aromatic rings. The van der Waals surface area contributed by atoms with E-state index in [1.165, 1.54) is 6.20 Å². The third-order valence-electron chi connectivity index (χ3n) is 5.12. The lowest BCUT2D eigenvalue weighted by molar-refractivity contribution is -0.140. The molecule has 1 fully saturated rings. The van der Waals surface area contributed by atoms with Crippen molar-refractivity contribution in [2.24, 2.45) is 0 Å². The fourth-order valence-corrected chi connectivity index (χ4v) is 3.60. The number of pyridine rings is 1. The SMILES string of the molecule is O=C(Oc1ccc(-c2ccccc2)cc1)C1CCCCN1C(=O)c1cccnc1. The largest absolute Gasteiger partial charge is 0.425 e. The van der Waals surface area contributed by atoms with Crippen molar-refractivity contribution in [2.75, 3.05) is 6.54 Å². The van der Waals surface area contributed by atoms with Crippen LogP contribution in [0.1, 0.15) is 29.6 Å². The summed E-state index contributed by atoms with van der Waals surface area (Å²) >= 11 is 0. The number of ether oxygens (including phenoxy) is 1. The van der Waals surface area contributed by atoms with E-state index in [4.69, 9.17) is 4.74 Å². The molecule has 1 unspecified atom stereocenters. The van der Waals surface area contributed by atoms with Crippen molar-refractivity contribution in [3.8, 4) is 16.9 Å². The van der Waals surface area contributed by atoms with E-state index in [-0.39, 0.29) is 5.91 Å². The maximum absolute atomic E-state index is 12.8. The van der Waals surface area contributed by atoms with Gasteiger partial charge in [0.1, 0.15) is 11.8 Å². The number of hydrogen-bond donors (Lipinski definition) is 0. The molecule has 5 nitrogen and oxygen atoms in total. The predicted octanol–water partition coefficient (Wildman–Crippen LogP) is 4.35. The number of piperidine rings is 1. The Morgan fingerprint density at radius 3 is 2.38 bits per heavy atom. The van der Waals surface area contributed by atoms with Crippen LogP contribution < -0.4 is 4.74 Å². The fourth-order valence-electron chi connectivity index (χ4n) is 3.60. The minimum absolute atomic E-state index is 0.181. The molecule has 1 aromatic heterocycles. The lowest BCUT2D eigenvalue weighted by Gasteiger charge is -2.34. The van der Waals surface area contributed by atoms with Crippen LogP contribution in [-0.2, 0) is 4.79 Å². The number of benzene rings is 2. The summed E-state index contributed by atoms with van der Waals surface area (Å²) in [6.07, 6.45) is 5.53. The maximum Gasteiger partial charge on any atom is 0.334 e. The highest BCUT2D eigenvalue weighted by Crippen LogP contribution is 2.25. The average molecular weight is 386 g/mol. The van der Waals surface area contributed by atoms with E-state index in [0.717, 1.165) is 24.0 Å². The quantitative estimate of drug-likeness (QED) is 0.494. The van der Waals surface area contributed by atoms with E-state index < -0.39 is 12.0 Å². The van der Waals surface area contributed by atoms with Crippen LogP contribution in [0.4, 0.5) is 0 Å². The molecule has 2 aromatic carbocycles. The molecule has 1 aliphatic heterocycles. The van der Waals surface area contributed by atoms with E-state index in [1.807, 2.05) is 42.5 Å². The Hall–Kier alpha value is -3.47. The normalized spacial score (nSPS) is 16.3. The van der Waals surface area contributed by atoms with Crippen LogP contribution in [0.2, 0.25) is 0 Å². The summed E-state index contributed by atoms with van der Waals surface area (Å²) in [7, 11) is 0. The van der Waals surface area contributed by atoms with Gasteiger partial charge in [0, 0.05) is 18.9 Å². The number of hydrogen-bond acceptors (Lipinski definition) is 4. The third kappa shape index (κ3) is 4.35. The van der Waals surface area contributed by atoms with Gasteiger partial charge in [-0.15, -0.1) is 0 Å². The molecule has 1 saturated heterocycles. The van der Waals surface area contributed by atoms with Crippen LogP contribution in [0, 0.1) is 0 Å². The molecule has 29 heavy (non-hydrogen) atoms. The number of esters is 1. The number of amides is 1. The van der Waals surface area contributed by atoms with E-state index in [0.29, 0.717) is 24.3 Å². The molecule has 0 N–H and O–H groups in total. The van der Waals surface area contributed by atoms with E-state index in [1.54, 1.807) is 35.4 Å². The average Bonchev–Trinajstić information content (AvgIpc) is 2.80. The van der Waals surface area contributed by atoms with Gasteiger partial charge in [-0.1, -0.05) is 42.5 Å². The van der Waals surface area contributed by atoms with Crippen molar-refractivity contribution < 1.29 is 14.3 Å². The van der Waals surface area contributed by atoms with Crippen LogP contribution in [0.15, 0.2) is 79.1 Å². The second kappa shape index (κ2) is 8.69. The second-order valence-electron chi connectivity index (χ2n) is 7.06. The van der Waals surface area contributed by atoms with Gasteiger partial charge < -0.3 is 9.64 Å². The molecule has 0 aliphatic carbocycles. The lowest BCUT2D eigenvalue weighted by Crippen LogP contribution is -2.49. The Balaban J connectivity index is 1.47. The Bertz CT molecular complexity index is 972. The summed E-state index contributed by atoms with van der Waals surface area (Å²) < 4.78 is 5.61. The smallest absolute Gasteiger partial charge is 0.334 e. The number of rotatable bonds is 4. The van der Waals surface area contributed by atoms with Gasteiger partial charge in [0.15, 0.2) is 0 Å². The highest BCUT2D eigenvalue weighted by molar-refractivity contribution is 5.96. The third-order valence-corrected chi connectivity index (χ3v) is 5.12. The predicted molar refractivity (Wildman–Crippen MR) is 110 cm³/mol. The number of carbonyl (C=O) groups is 2. The number of carbonyl (C=O) groups excluding carboxylic acids is 2. The van der Waals surface area contributed by atoms with Crippen molar-refractivity contribution in [2.45, 2.75) is 25.3 Å².